The molecule has 0 aromatic heterocycles. The molecule has 1 fully saturated rings. The third-order valence-corrected chi connectivity index (χ3v) is 4.31. The largest absolute Gasteiger partial charge is 0.481 e. The maximum atomic E-state index is 13.0. The summed E-state index contributed by atoms with van der Waals surface area (Å²) < 4.78 is 38.9. The average molecular weight is 387 g/mol. The molecular formula is C17H20F3N3O4. The Bertz CT molecular complexity index is 724. The van der Waals surface area contributed by atoms with Crippen LogP contribution in [0.2, 0.25) is 0 Å². The molecule has 1 aromatic rings. The first-order valence-corrected chi connectivity index (χ1v) is 8.33. The molecule has 0 saturated carbocycles. The number of carbonyl (C=O) groups is 3. The van der Waals surface area contributed by atoms with Crippen LogP contribution >= 0.6 is 0 Å². The molecule has 1 heterocycles. The quantitative estimate of drug-likeness (QED) is 0.718. The number of alkyl halides is 3. The lowest BCUT2D eigenvalue weighted by Gasteiger charge is -2.18. The number of aliphatic carboxylic acids is 1. The summed E-state index contributed by atoms with van der Waals surface area (Å²) in [6.45, 7) is 1.02. The van der Waals surface area contributed by atoms with Gasteiger partial charge in [-0.2, -0.15) is 13.2 Å². The topological polar surface area (TPSA) is 98.7 Å². The molecule has 2 atom stereocenters. The van der Waals surface area contributed by atoms with Crippen molar-refractivity contribution in [1.82, 2.24) is 15.5 Å². The Kier molecular flexibility index (Phi) is 6.29. The predicted octanol–water partition coefficient (Wildman–Crippen LogP) is 1.84. The average Bonchev–Trinajstić information content (AvgIpc) is 3.06. The number of nitrogens with zero attached hydrogens (tertiary/aromatic N) is 1. The zero-order chi connectivity index (χ0) is 20.2. The van der Waals surface area contributed by atoms with E-state index in [-0.39, 0.29) is 12.5 Å². The second kappa shape index (κ2) is 8.28. The Hall–Kier alpha value is -2.78. The molecular weight excluding hydrogens is 367 g/mol. The molecule has 10 heteroatoms. The van der Waals surface area contributed by atoms with E-state index in [0.29, 0.717) is 17.7 Å². The van der Waals surface area contributed by atoms with Crippen molar-refractivity contribution in [2.75, 3.05) is 19.6 Å². The van der Waals surface area contributed by atoms with Crippen molar-refractivity contribution < 1.29 is 32.7 Å². The van der Waals surface area contributed by atoms with Gasteiger partial charge in [-0.05, 0) is 24.6 Å². The maximum Gasteiger partial charge on any atom is 0.394 e. The van der Waals surface area contributed by atoms with E-state index in [1.165, 1.54) is 0 Å². The minimum Gasteiger partial charge on any atom is -0.481 e. The van der Waals surface area contributed by atoms with Crippen molar-refractivity contribution >= 4 is 17.9 Å². The zero-order valence-electron chi connectivity index (χ0n) is 14.5. The van der Waals surface area contributed by atoms with Gasteiger partial charge in [0.1, 0.15) is 0 Å². The van der Waals surface area contributed by atoms with Gasteiger partial charge in [0.05, 0.1) is 11.8 Å². The van der Waals surface area contributed by atoms with Gasteiger partial charge in [-0.3, -0.25) is 9.59 Å². The van der Waals surface area contributed by atoms with Gasteiger partial charge in [0.15, 0.2) is 0 Å². The van der Waals surface area contributed by atoms with E-state index in [2.05, 4.69) is 10.6 Å². The summed E-state index contributed by atoms with van der Waals surface area (Å²) in [4.78, 5) is 35.9. The first-order valence-electron chi connectivity index (χ1n) is 8.33. The first-order chi connectivity index (χ1) is 12.6. The number of amides is 3. The van der Waals surface area contributed by atoms with Crippen LogP contribution in [0.5, 0.6) is 0 Å². The molecule has 7 nitrogen and oxygen atoms in total. The fourth-order valence-corrected chi connectivity index (χ4v) is 2.93. The monoisotopic (exact) mass is 387 g/mol. The standard InChI is InChI=1S/C17H20F3N3O4/c1-2-21-14(24)11-5-3-4-10(6-11)7-22-16(27)23-8-12(15(25)26)13(9-23)17(18,19)20/h3-6,12-13H,2,7-9H2,1H3,(H,21,24)(H,22,27)(H,25,26)/t12-,13-/m1/s1. The number of hydrogen-bond acceptors (Lipinski definition) is 3. The number of carboxylic acids is 1. The summed E-state index contributed by atoms with van der Waals surface area (Å²) in [7, 11) is 0. The highest BCUT2D eigenvalue weighted by molar-refractivity contribution is 5.94. The molecule has 3 amide bonds. The zero-order valence-corrected chi connectivity index (χ0v) is 14.5. The van der Waals surface area contributed by atoms with E-state index in [1.807, 2.05) is 0 Å². The Morgan fingerprint density at radius 1 is 1.22 bits per heavy atom. The number of urea groups is 1. The predicted molar refractivity (Wildman–Crippen MR) is 88.9 cm³/mol. The molecule has 1 aromatic carbocycles. The summed E-state index contributed by atoms with van der Waals surface area (Å²) in [5.41, 5.74) is 0.987. The number of carboxylic acid groups (broad SMARTS) is 1. The molecule has 1 aliphatic heterocycles. The number of nitrogens with one attached hydrogen (secondary N) is 2. The minimum absolute atomic E-state index is 0.00298. The molecule has 2 rings (SSSR count). The summed E-state index contributed by atoms with van der Waals surface area (Å²) in [5, 5.41) is 14.1. The van der Waals surface area contributed by atoms with E-state index in [4.69, 9.17) is 5.11 Å². The molecule has 1 aliphatic rings. The van der Waals surface area contributed by atoms with Crippen LogP contribution in [0.15, 0.2) is 24.3 Å². The highest BCUT2D eigenvalue weighted by Crippen LogP contribution is 2.37. The van der Waals surface area contributed by atoms with Crippen LogP contribution in [0.4, 0.5) is 18.0 Å². The third kappa shape index (κ3) is 5.11. The lowest BCUT2D eigenvalue weighted by Crippen LogP contribution is -2.39. The van der Waals surface area contributed by atoms with Crippen LogP contribution < -0.4 is 10.6 Å². The highest BCUT2D eigenvalue weighted by Gasteiger charge is 2.53. The number of rotatable bonds is 5. The molecule has 0 unspecified atom stereocenters. The fourth-order valence-electron chi connectivity index (χ4n) is 2.93. The highest BCUT2D eigenvalue weighted by atomic mass is 19.4. The van der Waals surface area contributed by atoms with E-state index in [1.54, 1.807) is 31.2 Å². The second-order valence-corrected chi connectivity index (χ2v) is 6.22. The van der Waals surface area contributed by atoms with Crippen LogP contribution in [0.1, 0.15) is 22.8 Å². The summed E-state index contributed by atoms with van der Waals surface area (Å²) in [5.74, 6) is -5.64. The van der Waals surface area contributed by atoms with Crippen LogP contribution in [0, 0.1) is 11.8 Å². The van der Waals surface area contributed by atoms with E-state index >= 15 is 0 Å². The van der Waals surface area contributed by atoms with Crippen LogP contribution in [0.25, 0.3) is 0 Å². The normalized spacial score (nSPS) is 19.6. The molecule has 0 bridgehead atoms. The molecule has 148 valence electrons. The van der Waals surface area contributed by atoms with Crippen molar-refractivity contribution in [3.8, 4) is 0 Å². The van der Waals surface area contributed by atoms with Gasteiger partial charge >= 0.3 is 18.2 Å². The van der Waals surface area contributed by atoms with Crippen molar-refractivity contribution in [2.45, 2.75) is 19.6 Å². The van der Waals surface area contributed by atoms with Crippen molar-refractivity contribution in [2.24, 2.45) is 11.8 Å². The van der Waals surface area contributed by atoms with Gasteiger partial charge < -0.3 is 20.6 Å². The third-order valence-electron chi connectivity index (χ3n) is 4.31. The summed E-state index contributed by atoms with van der Waals surface area (Å²) in [6, 6.07) is 5.67. The Balaban J connectivity index is 1.99. The van der Waals surface area contributed by atoms with Gasteiger partial charge in [-0.15, -0.1) is 0 Å². The summed E-state index contributed by atoms with van der Waals surface area (Å²) in [6.07, 6.45) is -4.70. The lowest BCUT2D eigenvalue weighted by molar-refractivity contribution is -0.187. The van der Waals surface area contributed by atoms with Crippen molar-refractivity contribution in [1.29, 1.82) is 0 Å². The molecule has 1 saturated heterocycles. The molecule has 0 aliphatic carbocycles. The van der Waals surface area contributed by atoms with E-state index < -0.39 is 43.1 Å². The maximum absolute atomic E-state index is 13.0. The SMILES string of the molecule is CCNC(=O)c1cccc(CNC(=O)N2C[C@@H](C(F)(F)F)[C@H](C(=O)O)C2)c1. The van der Waals surface area contributed by atoms with Gasteiger partial charge in [0, 0.05) is 31.7 Å². The fraction of sp³-hybridized carbons (Fsp3) is 0.471. The van der Waals surface area contributed by atoms with Crippen LogP contribution in [-0.4, -0.2) is 53.7 Å². The first kappa shape index (κ1) is 20.5. The Labute approximate surface area is 153 Å². The number of halogens is 3. The molecule has 27 heavy (non-hydrogen) atoms. The Morgan fingerprint density at radius 2 is 1.93 bits per heavy atom. The van der Waals surface area contributed by atoms with Gasteiger partial charge in [-0.1, -0.05) is 12.1 Å². The van der Waals surface area contributed by atoms with Gasteiger partial charge in [-0.25, -0.2) is 4.79 Å². The number of hydrogen-bond donors (Lipinski definition) is 3. The number of benzene rings is 1. The van der Waals surface area contributed by atoms with Gasteiger partial charge in [0.25, 0.3) is 5.91 Å². The summed E-state index contributed by atoms with van der Waals surface area (Å²) >= 11 is 0. The minimum atomic E-state index is -4.70. The van der Waals surface area contributed by atoms with Crippen molar-refractivity contribution in [3.05, 3.63) is 35.4 Å². The number of likely N-dealkylation sites (tertiary alicyclic amines) is 1. The second-order valence-electron chi connectivity index (χ2n) is 6.22. The molecule has 0 radical (unpaired) electrons. The lowest BCUT2D eigenvalue weighted by atomic mass is 9.96. The smallest absolute Gasteiger partial charge is 0.394 e. The van der Waals surface area contributed by atoms with Crippen LogP contribution in [-0.2, 0) is 11.3 Å². The van der Waals surface area contributed by atoms with Gasteiger partial charge in [0.2, 0.25) is 0 Å². The Morgan fingerprint density at radius 3 is 2.48 bits per heavy atom. The molecule has 0 spiro atoms. The van der Waals surface area contributed by atoms with E-state index in [0.717, 1.165) is 4.90 Å². The van der Waals surface area contributed by atoms with E-state index in [9.17, 15) is 27.6 Å². The van der Waals surface area contributed by atoms with Crippen LogP contribution in [0.3, 0.4) is 0 Å². The number of carbonyl (C=O) groups excluding carboxylic acids is 2. The van der Waals surface area contributed by atoms with Crippen molar-refractivity contribution in [3.63, 3.8) is 0 Å². The molecule has 3 N–H and O–H groups in total.